The fraction of sp³-hybridized carbons (Fsp3) is 0.946. The molecular formula is C92H165N3O41. The molecule has 0 spiro atoms. The van der Waals surface area contributed by atoms with Gasteiger partial charge in [-0.05, 0) is 33.1 Å². The van der Waals surface area contributed by atoms with Crippen LogP contribution in [0.4, 0.5) is 0 Å². The van der Waals surface area contributed by atoms with Gasteiger partial charge < -0.3 is 204 Å². The summed E-state index contributed by atoms with van der Waals surface area (Å²) in [5.41, 5.74) is 0. The molecule has 8 aliphatic heterocycles. The van der Waals surface area contributed by atoms with Gasteiger partial charge in [-0.3, -0.25) is 14.4 Å². The summed E-state index contributed by atoms with van der Waals surface area (Å²) in [5, 5.41) is 257. The summed E-state index contributed by atoms with van der Waals surface area (Å²) in [6.07, 6.45) is -38.6. The molecule has 3 amide bonds. The molecule has 794 valence electrons. The van der Waals surface area contributed by atoms with Gasteiger partial charge in [0.1, 0.15) is 183 Å². The van der Waals surface area contributed by atoms with Crippen LogP contribution in [0, 0.1) is 0 Å². The molecule has 0 aromatic rings. The molecule has 44 heteroatoms. The Labute approximate surface area is 796 Å². The van der Waals surface area contributed by atoms with Crippen LogP contribution in [0.5, 0.6) is 0 Å². The summed E-state index contributed by atoms with van der Waals surface area (Å²) in [7, 11) is 0. The van der Waals surface area contributed by atoms with Gasteiger partial charge in [0.15, 0.2) is 50.3 Å². The van der Waals surface area contributed by atoms with Crippen LogP contribution in [0.15, 0.2) is 12.2 Å². The van der Waals surface area contributed by atoms with Crippen LogP contribution in [-0.2, 0) is 90.2 Å². The Morgan fingerprint density at radius 3 is 0.956 bits per heavy atom. The van der Waals surface area contributed by atoms with Crippen LogP contribution in [-0.4, -0.2) is 434 Å². The molecule has 8 aliphatic rings. The van der Waals surface area contributed by atoms with Crippen LogP contribution in [0.25, 0.3) is 0 Å². The molecule has 0 saturated carbocycles. The molecule has 0 aliphatic carbocycles. The minimum atomic E-state index is -2.50. The van der Waals surface area contributed by atoms with E-state index in [0.717, 1.165) is 71.6 Å². The van der Waals surface area contributed by atoms with Crippen molar-refractivity contribution >= 4 is 17.7 Å². The fourth-order valence-corrected chi connectivity index (χ4v) is 18.7. The van der Waals surface area contributed by atoms with E-state index in [-0.39, 0.29) is 12.3 Å². The monoisotopic (exact) mass is 1970 g/mol. The maximum absolute atomic E-state index is 13.8. The second-order valence-corrected chi connectivity index (χ2v) is 37.7. The van der Waals surface area contributed by atoms with Crippen LogP contribution in [0.3, 0.4) is 0 Å². The van der Waals surface area contributed by atoms with E-state index in [1.807, 2.05) is 6.08 Å². The largest absolute Gasteiger partial charge is 0.394 e. The molecule has 8 heterocycles. The molecule has 8 saturated heterocycles. The average molecular weight is 1970 g/mol. The second-order valence-electron chi connectivity index (χ2n) is 37.7. The predicted octanol–water partition coefficient (Wildman–Crippen LogP) is -3.16. The van der Waals surface area contributed by atoms with Gasteiger partial charge in [-0.1, -0.05) is 206 Å². The Bertz CT molecular complexity index is 3300. The zero-order valence-electron chi connectivity index (χ0n) is 79.6. The van der Waals surface area contributed by atoms with E-state index >= 15 is 0 Å². The predicted molar refractivity (Wildman–Crippen MR) is 475 cm³/mol. The Hall–Kier alpha value is -3.37. The van der Waals surface area contributed by atoms with Crippen molar-refractivity contribution in [2.45, 2.75) is 505 Å². The van der Waals surface area contributed by atoms with Crippen molar-refractivity contribution in [1.82, 2.24) is 16.0 Å². The summed E-state index contributed by atoms with van der Waals surface area (Å²) in [4.78, 5) is 41.0. The van der Waals surface area contributed by atoms with Gasteiger partial charge in [0.05, 0.1) is 70.6 Å². The van der Waals surface area contributed by atoms with Crippen molar-refractivity contribution in [2.24, 2.45) is 0 Å². The number of carbonyl (C=O) groups is 3. The van der Waals surface area contributed by atoms with E-state index in [1.165, 1.54) is 142 Å². The molecule has 44 nitrogen and oxygen atoms in total. The van der Waals surface area contributed by atoms with Gasteiger partial charge in [-0.2, -0.15) is 0 Å². The number of nitrogens with one attached hydrogen (secondary N) is 3. The van der Waals surface area contributed by atoms with Gasteiger partial charge >= 0.3 is 0 Å². The lowest BCUT2D eigenvalue weighted by Gasteiger charge is -2.52. The Kier molecular flexibility index (Phi) is 53.0. The molecule has 0 bridgehead atoms. The summed E-state index contributed by atoms with van der Waals surface area (Å²) in [6, 6.07) is -5.14. The molecule has 25 N–H and O–H groups in total. The number of rotatable bonds is 60. The first-order valence-electron chi connectivity index (χ1n) is 49.7. The van der Waals surface area contributed by atoms with E-state index in [2.05, 4.69) is 29.8 Å². The third kappa shape index (κ3) is 34.1. The fourth-order valence-electron chi connectivity index (χ4n) is 18.7. The zero-order chi connectivity index (χ0) is 99.4. The normalized spacial score (nSPS) is 39.6. The topological polar surface area (TPSA) is 680 Å². The summed E-state index contributed by atoms with van der Waals surface area (Å²) < 4.78 is 97.9. The number of aliphatic hydroxyl groups is 22. The lowest BCUT2D eigenvalue weighted by Crippen LogP contribution is -2.72. The molecule has 42 atom stereocenters. The molecule has 136 heavy (non-hydrogen) atoms. The molecule has 0 aromatic heterocycles. The summed E-state index contributed by atoms with van der Waals surface area (Å²) >= 11 is 0. The van der Waals surface area contributed by atoms with Crippen LogP contribution in [0.2, 0.25) is 0 Å². The standard InChI is InChI=1S/C92H165N3O41/c1-7-9-11-13-15-17-19-21-22-23-24-25-26-28-30-32-34-36-38-40-60(105)95-52(53(104)39-37-35-33-31-29-27-20-18-16-14-12-10-8-2)47-121-87-75(118)71(114)78(57(44-99)129-87)130-91-76(119)83(66(109)55(42-97)125-91)135-86-62(94-51(6)103)82(79(58(45-100)127-86)131-88-72(115)68(111)63(106)48(3)122-88)134-92-77(120)84(67(110)56(43-98)126-92)136-85-61(93-50(5)102)81(133-89-73(116)69(112)64(107)49(4)123-89)80(59(46-101)128-85)132-90-74(117)70(113)65(108)54(41-96)124-90/h37,39,48-49,52-59,61-92,96-101,104,106-120H,7-36,38,40-47H2,1-6H3,(H,93,102)(H,94,103)(H,95,105)/b39-37+/t48?,49?,52-,53+,54?,55?,56?,57?,58?,59?,61?,62?,63+,64+,65-,66-,67-,68?,69?,70-,71+,72-,73-,74?,75?,76?,77?,78+,79+,80+,81+,82+,83-,84-,85-,86-,87+,88+,89+,90-,91-,92-/m0/s1. The number of aliphatic hydroxyl groups excluding tert-OH is 22. The summed E-state index contributed by atoms with van der Waals surface area (Å²) in [6.45, 7) is 1.76. The average Bonchev–Trinajstić information content (AvgIpc) is 0.761. The molecule has 8 fully saturated rings. The van der Waals surface area contributed by atoms with Gasteiger partial charge in [-0.25, -0.2) is 0 Å². The smallest absolute Gasteiger partial charge is 0.220 e. The molecule has 16 unspecified atom stereocenters. The van der Waals surface area contributed by atoms with E-state index < -0.39 is 316 Å². The Balaban J connectivity index is 0.997. The number of hydrogen-bond acceptors (Lipinski definition) is 41. The zero-order valence-corrected chi connectivity index (χ0v) is 79.6. The van der Waals surface area contributed by atoms with Gasteiger partial charge in [-0.15, -0.1) is 0 Å². The Morgan fingerprint density at radius 1 is 0.301 bits per heavy atom. The van der Waals surface area contributed by atoms with Crippen molar-refractivity contribution < 1.29 is 203 Å². The Morgan fingerprint density at radius 2 is 0.588 bits per heavy atom. The number of unbranched alkanes of at least 4 members (excludes halogenated alkanes) is 29. The minimum absolute atomic E-state index is 0.138. The SMILES string of the molecule is CCCCCCCCCCCCC/C=C/[C@@H](O)[C@H](CO[C@@H]1OC(CO)[C@@H](O[C@@H]2OC(CO)[C@H](O)[C@H](O[C@@H]3OC(CO)[C@@H](O[C@H]4OC(C)[C@@H](O)C(O)[C@@H]4O)[C@H](O[C@@H]4OC(CO)[C@H](O)[C@H](O[C@@H]5OC(CO)[C@@H](O[C@@H]6OC(CO)[C@H](O)[C@H](O)C6O)[C@H](O[C@H]6OC(C)[C@@H](O)C(O)[C@@H]6O)C5NC(C)=O)C4O)C3NC(C)=O)C2O)[C@H](O)C1O)NC(=O)CCCCCCCCCCCCCCCCCCCCC. The van der Waals surface area contributed by atoms with Crippen molar-refractivity contribution in [3.8, 4) is 0 Å². The van der Waals surface area contributed by atoms with Crippen molar-refractivity contribution in [3.05, 3.63) is 12.2 Å². The first kappa shape index (κ1) is 118. The first-order valence-corrected chi connectivity index (χ1v) is 49.7. The third-order valence-electron chi connectivity index (χ3n) is 26.9. The van der Waals surface area contributed by atoms with Crippen molar-refractivity contribution in [1.29, 1.82) is 0 Å². The number of allylic oxidation sites excluding steroid dienone is 1. The van der Waals surface area contributed by atoms with E-state index in [9.17, 15) is 127 Å². The summed E-state index contributed by atoms with van der Waals surface area (Å²) in [5.74, 6) is -2.32. The maximum atomic E-state index is 13.8. The van der Waals surface area contributed by atoms with Crippen LogP contribution in [0.1, 0.15) is 247 Å². The number of amides is 3. The van der Waals surface area contributed by atoms with Crippen LogP contribution < -0.4 is 16.0 Å². The highest BCUT2D eigenvalue weighted by atomic mass is 16.8. The lowest BCUT2D eigenvalue weighted by molar-refractivity contribution is -0.399. The van der Waals surface area contributed by atoms with E-state index in [4.69, 9.17) is 75.8 Å². The number of ether oxygens (including phenoxy) is 16. The molecule has 0 radical (unpaired) electrons. The van der Waals surface area contributed by atoms with Crippen LogP contribution >= 0.6 is 0 Å². The quantitative estimate of drug-likeness (QED) is 0.0211. The first-order chi connectivity index (χ1) is 65.2. The molecule has 0 aromatic carbocycles. The van der Waals surface area contributed by atoms with Gasteiger partial charge in [0.25, 0.3) is 0 Å². The lowest BCUT2D eigenvalue weighted by atomic mass is 9.93. The van der Waals surface area contributed by atoms with Crippen molar-refractivity contribution in [2.75, 3.05) is 46.2 Å². The molecular weight excluding hydrogens is 1800 g/mol. The van der Waals surface area contributed by atoms with E-state index in [1.54, 1.807) is 6.08 Å². The van der Waals surface area contributed by atoms with Crippen molar-refractivity contribution in [3.63, 3.8) is 0 Å². The number of hydrogen-bond donors (Lipinski definition) is 25. The maximum Gasteiger partial charge on any atom is 0.220 e. The van der Waals surface area contributed by atoms with E-state index in [0.29, 0.717) is 12.8 Å². The third-order valence-corrected chi connectivity index (χ3v) is 26.9. The van der Waals surface area contributed by atoms with Gasteiger partial charge in [0, 0.05) is 20.3 Å². The minimum Gasteiger partial charge on any atom is -0.394 e. The highest BCUT2D eigenvalue weighted by Crippen LogP contribution is 2.41. The van der Waals surface area contributed by atoms with Gasteiger partial charge in [0.2, 0.25) is 17.7 Å². The highest BCUT2D eigenvalue weighted by Gasteiger charge is 2.62. The second kappa shape index (κ2) is 61.2. The molecule has 8 rings (SSSR count). The number of carbonyl (C=O) groups excluding carboxylic acids is 3. The highest BCUT2D eigenvalue weighted by molar-refractivity contribution is 5.76.